The van der Waals surface area contributed by atoms with Crippen LogP contribution >= 0.6 is 0 Å². The Kier molecular flexibility index (Phi) is 4.37. The summed E-state index contributed by atoms with van der Waals surface area (Å²) >= 11 is 0. The molecule has 134 valence electrons. The van der Waals surface area contributed by atoms with Crippen LogP contribution in [0.5, 0.6) is 0 Å². The zero-order valence-corrected chi connectivity index (χ0v) is 13.3. The van der Waals surface area contributed by atoms with E-state index in [0.717, 1.165) is 6.07 Å². The second-order valence-electron chi connectivity index (χ2n) is 5.47. The maximum Gasteiger partial charge on any atom is 0.431 e. The Hall–Kier alpha value is -3.36. The first-order valence-corrected chi connectivity index (χ1v) is 7.48. The first-order chi connectivity index (χ1) is 12.3. The van der Waals surface area contributed by atoms with Crippen molar-refractivity contribution in [2.24, 2.45) is 5.73 Å². The van der Waals surface area contributed by atoms with Gasteiger partial charge >= 0.3 is 6.18 Å². The van der Waals surface area contributed by atoms with Gasteiger partial charge < -0.3 is 5.73 Å². The fourth-order valence-electron chi connectivity index (χ4n) is 2.50. The number of rotatable bonds is 4. The van der Waals surface area contributed by atoms with Gasteiger partial charge in [-0.3, -0.25) is 14.2 Å². The molecular weight excluding hydrogens is 349 g/mol. The lowest BCUT2D eigenvalue weighted by atomic mass is 10.2. The molecular formula is C17H13F3N4O2. The third-order valence-corrected chi connectivity index (χ3v) is 3.72. The summed E-state index contributed by atoms with van der Waals surface area (Å²) in [6.07, 6.45) is -3.20. The van der Waals surface area contributed by atoms with E-state index in [1.807, 2.05) is 6.07 Å². The van der Waals surface area contributed by atoms with Gasteiger partial charge in [-0.15, -0.1) is 0 Å². The summed E-state index contributed by atoms with van der Waals surface area (Å²) < 4.78 is 41.6. The maximum absolute atomic E-state index is 13.2. The molecule has 0 aliphatic heterocycles. The van der Waals surface area contributed by atoms with E-state index in [4.69, 9.17) is 5.73 Å². The fourth-order valence-corrected chi connectivity index (χ4v) is 2.50. The number of halogens is 3. The normalized spacial score (nSPS) is 11.5. The molecule has 0 unspecified atom stereocenters. The first-order valence-electron chi connectivity index (χ1n) is 7.48. The molecule has 1 aromatic carbocycles. The van der Waals surface area contributed by atoms with Gasteiger partial charge in [0.15, 0.2) is 0 Å². The van der Waals surface area contributed by atoms with E-state index in [1.54, 1.807) is 30.5 Å². The van der Waals surface area contributed by atoms with Gasteiger partial charge in [-0.25, -0.2) is 4.68 Å². The fraction of sp³-hybridized carbons (Fsp3) is 0.118. The van der Waals surface area contributed by atoms with Gasteiger partial charge in [0.1, 0.15) is 11.3 Å². The molecule has 26 heavy (non-hydrogen) atoms. The maximum atomic E-state index is 13.2. The number of para-hydroxylation sites is 1. The minimum absolute atomic E-state index is 0.225. The number of amides is 1. The van der Waals surface area contributed by atoms with Crippen LogP contribution in [0.1, 0.15) is 21.7 Å². The summed E-state index contributed by atoms with van der Waals surface area (Å²) in [4.78, 5) is 23.6. The van der Waals surface area contributed by atoms with E-state index in [0.29, 0.717) is 16.3 Å². The van der Waals surface area contributed by atoms with Crippen LogP contribution in [-0.4, -0.2) is 20.3 Å². The number of carbonyl (C=O) groups is 1. The molecule has 1 amide bonds. The Labute approximate surface area is 145 Å². The van der Waals surface area contributed by atoms with E-state index in [9.17, 15) is 22.8 Å². The van der Waals surface area contributed by atoms with Crippen LogP contribution in [0.3, 0.4) is 0 Å². The number of carbonyl (C=O) groups excluding carboxylic acids is 1. The Morgan fingerprint density at radius 3 is 2.38 bits per heavy atom. The SMILES string of the molecule is NC(=O)c1ccc(C(F)(F)F)n(Cc2ccn(-c3ccccc3)n2)c1=O. The molecule has 3 rings (SSSR count). The Balaban J connectivity index is 2.04. The van der Waals surface area contributed by atoms with Crippen molar-refractivity contribution in [2.75, 3.05) is 0 Å². The van der Waals surface area contributed by atoms with Crippen LogP contribution in [0.4, 0.5) is 13.2 Å². The van der Waals surface area contributed by atoms with Gasteiger partial charge in [-0.05, 0) is 30.3 Å². The van der Waals surface area contributed by atoms with Crippen LogP contribution in [-0.2, 0) is 12.7 Å². The molecule has 0 radical (unpaired) electrons. The van der Waals surface area contributed by atoms with E-state index in [2.05, 4.69) is 5.10 Å². The average Bonchev–Trinajstić information content (AvgIpc) is 3.04. The molecule has 2 heterocycles. The number of aromatic nitrogens is 3. The summed E-state index contributed by atoms with van der Waals surface area (Å²) in [5.41, 5.74) is 3.20. The Bertz CT molecular complexity index is 1010. The molecule has 2 aromatic heterocycles. The summed E-state index contributed by atoms with van der Waals surface area (Å²) in [5.74, 6) is -1.09. The van der Waals surface area contributed by atoms with Gasteiger partial charge in [0.05, 0.1) is 17.9 Å². The monoisotopic (exact) mass is 362 g/mol. The van der Waals surface area contributed by atoms with Crippen molar-refractivity contribution in [3.8, 4) is 5.69 Å². The molecule has 0 bridgehead atoms. The van der Waals surface area contributed by atoms with Crippen molar-refractivity contribution >= 4 is 5.91 Å². The third-order valence-electron chi connectivity index (χ3n) is 3.72. The largest absolute Gasteiger partial charge is 0.431 e. The molecule has 0 fully saturated rings. The van der Waals surface area contributed by atoms with Crippen LogP contribution in [0.2, 0.25) is 0 Å². The predicted octanol–water partition coefficient (Wildman–Crippen LogP) is 2.20. The minimum atomic E-state index is -4.77. The van der Waals surface area contributed by atoms with Gasteiger partial charge in [0.2, 0.25) is 0 Å². The van der Waals surface area contributed by atoms with Crippen LogP contribution < -0.4 is 11.3 Å². The van der Waals surface area contributed by atoms with Crippen molar-refractivity contribution < 1.29 is 18.0 Å². The van der Waals surface area contributed by atoms with Crippen LogP contribution in [0.15, 0.2) is 59.5 Å². The summed E-state index contributed by atoms with van der Waals surface area (Å²) in [7, 11) is 0. The highest BCUT2D eigenvalue weighted by molar-refractivity contribution is 5.92. The highest BCUT2D eigenvalue weighted by Crippen LogP contribution is 2.28. The molecule has 0 aliphatic carbocycles. The van der Waals surface area contributed by atoms with Crippen molar-refractivity contribution in [3.05, 3.63) is 82.0 Å². The van der Waals surface area contributed by atoms with Crippen molar-refractivity contribution in [1.29, 1.82) is 0 Å². The minimum Gasteiger partial charge on any atom is -0.365 e. The lowest BCUT2D eigenvalue weighted by molar-refractivity contribution is -0.144. The van der Waals surface area contributed by atoms with Crippen LogP contribution in [0.25, 0.3) is 5.69 Å². The van der Waals surface area contributed by atoms with Crippen molar-refractivity contribution in [3.63, 3.8) is 0 Å². The smallest absolute Gasteiger partial charge is 0.365 e. The molecule has 6 nitrogen and oxygen atoms in total. The molecule has 0 saturated carbocycles. The van der Waals surface area contributed by atoms with Gasteiger partial charge in [0, 0.05) is 6.20 Å². The number of hydrogen-bond donors (Lipinski definition) is 1. The molecule has 0 atom stereocenters. The van der Waals surface area contributed by atoms with Crippen molar-refractivity contribution in [1.82, 2.24) is 14.3 Å². The van der Waals surface area contributed by atoms with Crippen LogP contribution in [0, 0.1) is 0 Å². The summed E-state index contributed by atoms with van der Waals surface area (Å²) in [6.45, 7) is -0.450. The Morgan fingerprint density at radius 2 is 1.77 bits per heavy atom. The van der Waals surface area contributed by atoms with E-state index in [-0.39, 0.29) is 5.69 Å². The lowest BCUT2D eigenvalue weighted by Crippen LogP contribution is -2.34. The highest BCUT2D eigenvalue weighted by atomic mass is 19.4. The molecule has 2 N–H and O–H groups in total. The number of nitrogens with two attached hydrogens (primary N) is 1. The quantitative estimate of drug-likeness (QED) is 0.772. The predicted molar refractivity (Wildman–Crippen MR) is 86.9 cm³/mol. The standard InChI is InChI=1S/C17H13F3N4O2/c18-17(19,20)14-7-6-13(15(21)25)16(26)23(14)10-11-8-9-24(22-11)12-4-2-1-3-5-12/h1-9H,10H2,(H2,21,25). The second-order valence-corrected chi connectivity index (χ2v) is 5.47. The number of primary amides is 1. The summed E-state index contributed by atoms with van der Waals surface area (Å²) in [6, 6.07) is 11.9. The Morgan fingerprint density at radius 1 is 1.08 bits per heavy atom. The number of alkyl halides is 3. The van der Waals surface area contributed by atoms with Gasteiger partial charge in [-0.2, -0.15) is 18.3 Å². The number of pyridine rings is 1. The average molecular weight is 362 g/mol. The summed E-state index contributed by atoms with van der Waals surface area (Å²) in [5, 5.41) is 4.19. The molecule has 0 saturated heterocycles. The third kappa shape index (κ3) is 3.37. The van der Waals surface area contributed by atoms with E-state index in [1.165, 1.54) is 10.7 Å². The van der Waals surface area contributed by atoms with Crippen molar-refractivity contribution in [2.45, 2.75) is 12.7 Å². The molecule has 0 aliphatic rings. The van der Waals surface area contributed by atoms with E-state index >= 15 is 0 Å². The zero-order chi connectivity index (χ0) is 18.9. The highest BCUT2D eigenvalue weighted by Gasteiger charge is 2.35. The number of benzene rings is 1. The zero-order valence-electron chi connectivity index (χ0n) is 13.3. The molecule has 3 aromatic rings. The molecule has 9 heteroatoms. The van der Waals surface area contributed by atoms with E-state index < -0.39 is 35.4 Å². The van der Waals surface area contributed by atoms with Gasteiger partial charge in [0.25, 0.3) is 11.5 Å². The number of hydrogen-bond acceptors (Lipinski definition) is 3. The second kappa shape index (κ2) is 6.51. The topological polar surface area (TPSA) is 82.9 Å². The molecule has 0 spiro atoms. The number of nitrogens with zero attached hydrogens (tertiary/aromatic N) is 3. The van der Waals surface area contributed by atoms with Gasteiger partial charge in [-0.1, -0.05) is 18.2 Å². The first kappa shape index (κ1) is 17.5. The lowest BCUT2D eigenvalue weighted by Gasteiger charge is -2.15.